The number of rotatable bonds is 7. The Hall–Kier alpha value is -2.05. The van der Waals surface area contributed by atoms with E-state index in [1.165, 1.54) is 30.9 Å². The summed E-state index contributed by atoms with van der Waals surface area (Å²) < 4.78 is 42.2. The molecule has 2 aromatic carbocycles. The Labute approximate surface area is 189 Å². The second-order valence-electron chi connectivity index (χ2n) is 9.64. The van der Waals surface area contributed by atoms with Gasteiger partial charge in [0, 0.05) is 32.4 Å². The number of alkyl halides is 3. The highest BCUT2D eigenvalue weighted by atomic mass is 19.4. The smallest absolute Gasteiger partial charge is 0.370 e. The molecule has 2 fully saturated rings. The van der Waals surface area contributed by atoms with Crippen molar-refractivity contribution in [3.05, 3.63) is 64.2 Å². The fraction of sp³-hybridized carbons (Fsp3) is 0.538. The summed E-state index contributed by atoms with van der Waals surface area (Å²) in [6.07, 6.45) is 0.305. The van der Waals surface area contributed by atoms with Crippen LogP contribution in [0.2, 0.25) is 0 Å². The van der Waals surface area contributed by atoms with Crippen LogP contribution in [0.4, 0.5) is 18.9 Å². The highest BCUT2D eigenvalue weighted by Crippen LogP contribution is 2.39. The van der Waals surface area contributed by atoms with Gasteiger partial charge in [-0.15, -0.1) is 0 Å². The predicted octanol–water partition coefficient (Wildman–Crippen LogP) is 5.70. The maximum atomic E-state index is 14.1. The van der Waals surface area contributed by atoms with Crippen molar-refractivity contribution in [1.29, 1.82) is 0 Å². The Balaban J connectivity index is 1.56. The lowest BCUT2D eigenvalue weighted by Crippen LogP contribution is -2.24. The van der Waals surface area contributed by atoms with Crippen molar-refractivity contribution in [3.63, 3.8) is 0 Å². The van der Waals surface area contributed by atoms with Crippen LogP contribution in [0.5, 0.6) is 0 Å². The maximum Gasteiger partial charge on any atom is 0.416 e. The first kappa shape index (κ1) is 23.1. The van der Waals surface area contributed by atoms with Crippen LogP contribution >= 0.6 is 0 Å². The van der Waals surface area contributed by atoms with E-state index in [4.69, 9.17) is 5.73 Å². The summed E-state index contributed by atoms with van der Waals surface area (Å²) in [5.41, 5.74) is 9.31. The molecule has 3 nitrogen and oxygen atoms in total. The summed E-state index contributed by atoms with van der Waals surface area (Å²) in [5, 5.41) is 0. The molecule has 0 aromatic heterocycles. The molecule has 2 N–H and O–H groups in total. The number of hydrogen-bond donors (Lipinski definition) is 1. The average molecular weight is 446 g/mol. The molecule has 1 atom stereocenters. The van der Waals surface area contributed by atoms with Crippen molar-refractivity contribution >= 4 is 5.69 Å². The normalized spacial score (nSPS) is 19.9. The molecule has 1 unspecified atom stereocenters. The first-order valence-corrected chi connectivity index (χ1v) is 11.7. The molecule has 1 saturated heterocycles. The van der Waals surface area contributed by atoms with E-state index in [9.17, 15) is 13.2 Å². The highest BCUT2D eigenvalue weighted by Gasteiger charge is 2.35. The van der Waals surface area contributed by atoms with Gasteiger partial charge in [0.15, 0.2) is 0 Å². The van der Waals surface area contributed by atoms with Gasteiger partial charge in [0.1, 0.15) is 0 Å². The van der Waals surface area contributed by atoms with Crippen LogP contribution in [-0.2, 0) is 19.3 Å². The molecule has 2 aromatic rings. The number of aryl methyl sites for hydroxylation is 1. The number of anilines is 1. The minimum atomic E-state index is -4.38. The van der Waals surface area contributed by atoms with Gasteiger partial charge >= 0.3 is 6.18 Å². The van der Waals surface area contributed by atoms with Crippen LogP contribution in [-0.4, -0.2) is 31.6 Å². The minimum absolute atomic E-state index is 0.230. The van der Waals surface area contributed by atoms with Gasteiger partial charge in [-0.05, 0) is 91.6 Å². The molecule has 1 aliphatic carbocycles. The summed E-state index contributed by atoms with van der Waals surface area (Å²) in [7, 11) is 1.88. The van der Waals surface area contributed by atoms with E-state index in [1.807, 2.05) is 30.1 Å². The summed E-state index contributed by atoms with van der Waals surface area (Å²) in [4.78, 5) is 4.15. The lowest BCUT2D eigenvalue weighted by Gasteiger charge is -2.28. The Bertz CT molecular complexity index is 936. The zero-order valence-electron chi connectivity index (χ0n) is 19.1. The molecule has 0 amide bonds. The second-order valence-corrected chi connectivity index (χ2v) is 9.64. The molecule has 1 aliphatic heterocycles. The van der Waals surface area contributed by atoms with Gasteiger partial charge in [0.2, 0.25) is 0 Å². The fourth-order valence-electron chi connectivity index (χ4n) is 5.04. The van der Waals surface area contributed by atoms with Crippen LogP contribution in [0, 0.1) is 12.8 Å². The molecule has 32 heavy (non-hydrogen) atoms. The van der Waals surface area contributed by atoms with E-state index < -0.39 is 11.7 Å². The molecular formula is C26H34F3N3. The number of benzene rings is 2. The van der Waals surface area contributed by atoms with Gasteiger partial charge in [-0.2, -0.15) is 13.2 Å². The Morgan fingerprint density at radius 1 is 1.12 bits per heavy atom. The van der Waals surface area contributed by atoms with Crippen LogP contribution in [0.25, 0.3) is 0 Å². The molecule has 174 valence electrons. The minimum Gasteiger partial charge on any atom is -0.370 e. The van der Waals surface area contributed by atoms with E-state index in [-0.39, 0.29) is 6.54 Å². The number of nitrogens with two attached hydrogens (primary N) is 1. The molecule has 0 radical (unpaired) electrons. The van der Waals surface area contributed by atoms with E-state index in [0.29, 0.717) is 36.1 Å². The topological polar surface area (TPSA) is 32.5 Å². The summed E-state index contributed by atoms with van der Waals surface area (Å²) in [6, 6.07) is 11.6. The number of likely N-dealkylation sites (tertiary alicyclic amines) is 1. The quantitative estimate of drug-likeness (QED) is 0.594. The molecule has 2 aliphatic rings. The van der Waals surface area contributed by atoms with E-state index >= 15 is 0 Å². The van der Waals surface area contributed by atoms with E-state index in [2.05, 4.69) is 17.0 Å². The van der Waals surface area contributed by atoms with Crippen molar-refractivity contribution in [2.75, 3.05) is 31.6 Å². The molecule has 4 rings (SSSR count). The zero-order chi connectivity index (χ0) is 22.9. The average Bonchev–Trinajstić information content (AvgIpc) is 3.15. The third-order valence-electron chi connectivity index (χ3n) is 7.23. The largest absolute Gasteiger partial charge is 0.416 e. The van der Waals surface area contributed by atoms with Crippen molar-refractivity contribution in [1.82, 2.24) is 4.90 Å². The van der Waals surface area contributed by atoms with Crippen molar-refractivity contribution in [2.45, 2.75) is 57.8 Å². The van der Waals surface area contributed by atoms with E-state index in [0.717, 1.165) is 30.8 Å². The third-order valence-corrected chi connectivity index (χ3v) is 7.23. The number of hydrogen-bond acceptors (Lipinski definition) is 3. The molecule has 6 heteroatoms. The summed E-state index contributed by atoms with van der Waals surface area (Å²) in [5.74, 6) is 1.04. The van der Waals surface area contributed by atoms with Gasteiger partial charge in [-0.25, -0.2) is 0 Å². The number of nitrogens with zero attached hydrogens (tertiary/aromatic N) is 2. The lowest BCUT2D eigenvalue weighted by molar-refractivity contribution is -0.138. The third kappa shape index (κ3) is 5.12. The van der Waals surface area contributed by atoms with Crippen LogP contribution in [0.1, 0.15) is 59.4 Å². The van der Waals surface area contributed by atoms with Crippen molar-refractivity contribution in [3.8, 4) is 0 Å². The first-order valence-electron chi connectivity index (χ1n) is 11.7. The SMILES string of the molecule is Cc1cc(CN2CCC(CN)C2)cc(C(F)(F)F)c1CN(C)c1cccc(C2CCC2)c1. The Morgan fingerprint density at radius 3 is 2.53 bits per heavy atom. The van der Waals surface area contributed by atoms with Gasteiger partial charge < -0.3 is 10.6 Å². The lowest BCUT2D eigenvalue weighted by atomic mass is 9.80. The van der Waals surface area contributed by atoms with Gasteiger partial charge in [0.25, 0.3) is 0 Å². The molecule has 0 bridgehead atoms. The molecule has 1 heterocycles. The van der Waals surface area contributed by atoms with Gasteiger partial charge in [0.05, 0.1) is 5.56 Å². The first-order chi connectivity index (χ1) is 15.2. The van der Waals surface area contributed by atoms with Crippen LogP contribution in [0.3, 0.4) is 0 Å². The maximum absolute atomic E-state index is 14.1. The summed E-state index contributed by atoms with van der Waals surface area (Å²) in [6.45, 7) is 4.97. The highest BCUT2D eigenvalue weighted by molar-refractivity contribution is 5.51. The monoisotopic (exact) mass is 445 g/mol. The zero-order valence-corrected chi connectivity index (χ0v) is 19.1. The Morgan fingerprint density at radius 2 is 1.91 bits per heavy atom. The summed E-state index contributed by atoms with van der Waals surface area (Å²) >= 11 is 0. The number of halogens is 3. The van der Waals surface area contributed by atoms with Gasteiger partial charge in [-0.1, -0.05) is 24.6 Å². The van der Waals surface area contributed by atoms with Gasteiger partial charge in [-0.3, -0.25) is 4.90 Å². The fourth-order valence-corrected chi connectivity index (χ4v) is 5.04. The Kier molecular flexibility index (Phi) is 6.82. The van der Waals surface area contributed by atoms with Crippen molar-refractivity contribution in [2.24, 2.45) is 11.7 Å². The second kappa shape index (κ2) is 9.44. The van der Waals surface area contributed by atoms with E-state index in [1.54, 1.807) is 6.92 Å². The predicted molar refractivity (Wildman–Crippen MR) is 124 cm³/mol. The molecule has 0 spiro atoms. The molecular weight excluding hydrogens is 411 g/mol. The van der Waals surface area contributed by atoms with Crippen LogP contribution < -0.4 is 10.6 Å². The standard InChI is InChI=1S/C26H34F3N3/c1-18-11-20(16-32-10-9-19(14-30)15-32)12-25(26(27,28)29)24(18)17-31(2)23-8-4-7-22(13-23)21-5-3-6-21/h4,7-8,11-13,19,21H,3,5-6,9-10,14-17,30H2,1-2H3. The van der Waals surface area contributed by atoms with Crippen molar-refractivity contribution < 1.29 is 13.2 Å². The van der Waals surface area contributed by atoms with Crippen LogP contribution in [0.15, 0.2) is 36.4 Å². The molecule has 1 saturated carbocycles.